The van der Waals surface area contributed by atoms with Crippen LogP contribution in [0.3, 0.4) is 0 Å². The fourth-order valence-electron chi connectivity index (χ4n) is 2.59. The van der Waals surface area contributed by atoms with Crippen LogP contribution in [-0.2, 0) is 4.79 Å². The lowest BCUT2D eigenvalue weighted by molar-refractivity contribution is -0.119. The van der Waals surface area contributed by atoms with E-state index >= 15 is 0 Å². The minimum atomic E-state index is -0.460. The number of nitrogens with two attached hydrogens (primary N) is 1. The smallest absolute Gasteiger partial charge is 0.254 e. The molecule has 0 aliphatic carbocycles. The Morgan fingerprint density at radius 1 is 1.41 bits per heavy atom. The van der Waals surface area contributed by atoms with Gasteiger partial charge in [0.25, 0.3) is 5.91 Å². The minimum Gasteiger partial charge on any atom is -0.399 e. The van der Waals surface area contributed by atoms with Gasteiger partial charge in [0.2, 0.25) is 5.91 Å². The first-order chi connectivity index (χ1) is 10.6. The molecule has 2 amide bonds. The van der Waals surface area contributed by atoms with E-state index in [9.17, 15) is 9.59 Å². The van der Waals surface area contributed by atoms with Crippen molar-refractivity contribution < 1.29 is 9.59 Å². The summed E-state index contributed by atoms with van der Waals surface area (Å²) in [6.07, 6.45) is 3.10. The topological polar surface area (TPSA) is 88.3 Å². The normalized spacial score (nSPS) is 17.5. The van der Waals surface area contributed by atoms with Crippen LogP contribution >= 0.6 is 11.3 Å². The van der Waals surface area contributed by atoms with Gasteiger partial charge >= 0.3 is 0 Å². The molecule has 0 spiro atoms. The predicted molar refractivity (Wildman–Crippen MR) is 85.7 cm³/mol. The van der Waals surface area contributed by atoms with E-state index in [1.54, 1.807) is 40.7 Å². The molecule has 0 radical (unpaired) electrons. The molecule has 1 aliphatic heterocycles. The van der Waals surface area contributed by atoms with E-state index < -0.39 is 6.04 Å². The second-order valence-corrected chi connectivity index (χ2v) is 6.00. The van der Waals surface area contributed by atoms with Crippen molar-refractivity contribution in [2.24, 2.45) is 0 Å². The van der Waals surface area contributed by atoms with E-state index in [1.807, 2.05) is 0 Å². The number of nitrogens with zero attached hydrogens (tertiary/aromatic N) is 2. The molecule has 0 saturated carbocycles. The van der Waals surface area contributed by atoms with Crippen LogP contribution in [0.15, 0.2) is 35.8 Å². The molecule has 6 nitrogen and oxygen atoms in total. The van der Waals surface area contributed by atoms with Crippen molar-refractivity contribution in [2.75, 3.05) is 17.6 Å². The van der Waals surface area contributed by atoms with Crippen LogP contribution < -0.4 is 11.1 Å². The van der Waals surface area contributed by atoms with Gasteiger partial charge in [-0.2, -0.15) is 0 Å². The van der Waals surface area contributed by atoms with E-state index in [1.165, 1.54) is 11.3 Å². The lowest BCUT2D eigenvalue weighted by atomic mass is 10.1. The molecular weight excluding hydrogens is 300 g/mol. The Morgan fingerprint density at radius 3 is 3.00 bits per heavy atom. The monoisotopic (exact) mass is 316 g/mol. The molecule has 3 N–H and O–H groups in total. The number of hydrogen-bond acceptors (Lipinski definition) is 5. The average Bonchev–Trinajstić information content (AvgIpc) is 3.17. The van der Waals surface area contributed by atoms with Gasteiger partial charge in [-0.3, -0.25) is 9.59 Å². The number of likely N-dealkylation sites (tertiary alicyclic amines) is 1. The number of rotatable bonds is 3. The zero-order valence-electron chi connectivity index (χ0n) is 11.9. The van der Waals surface area contributed by atoms with Gasteiger partial charge in [-0.05, 0) is 31.0 Å². The van der Waals surface area contributed by atoms with Crippen molar-refractivity contribution in [1.82, 2.24) is 9.88 Å². The highest BCUT2D eigenvalue weighted by atomic mass is 32.1. The molecule has 22 heavy (non-hydrogen) atoms. The maximum atomic E-state index is 12.6. The molecule has 1 fully saturated rings. The van der Waals surface area contributed by atoms with Crippen molar-refractivity contribution >= 4 is 34.0 Å². The number of aromatic nitrogens is 1. The Labute approximate surface area is 132 Å². The van der Waals surface area contributed by atoms with E-state index in [0.29, 0.717) is 29.3 Å². The number of nitrogens with one attached hydrogen (secondary N) is 1. The summed E-state index contributed by atoms with van der Waals surface area (Å²) in [7, 11) is 0. The lowest BCUT2D eigenvalue weighted by Crippen LogP contribution is -2.43. The third-order valence-corrected chi connectivity index (χ3v) is 4.30. The van der Waals surface area contributed by atoms with Gasteiger partial charge in [0, 0.05) is 29.4 Å². The van der Waals surface area contributed by atoms with Crippen LogP contribution in [0.4, 0.5) is 10.8 Å². The summed E-state index contributed by atoms with van der Waals surface area (Å²) >= 11 is 1.35. The third kappa shape index (κ3) is 2.94. The molecular formula is C15H16N4O2S. The number of carbonyl (C=O) groups excluding carboxylic acids is 2. The predicted octanol–water partition coefficient (Wildman–Crippen LogP) is 1.97. The molecule has 7 heteroatoms. The Kier molecular flexibility index (Phi) is 4.06. The van der Waals surface area contributed by atoms with Crippen molar-refractivity contribution in [3.63, 3.8) is 0 Å². The number of anilines is 2. The Bertz CT molecular complexity index is 687. The zero-order chi connectivity index (χ0) is 15.5. The second kappa shape index (κ2) is 6.15. The van der Waals surface area contributed by atoms with Crippen molar-refractivity contribution in [1.29, 1.82) is 0 Å². The van der Waals surface area contributed by atoms with Gasteiger partial charge < -0.3 is 16.0 Å². The molecule has 1 aromatic heterocycles. The summed E-state index contributed by atoms with van der Waals surface area (Å²) in [5.41, 5.74) is 6.77. The molecule has 114 valence electrons. The molecule has 2 heterocycles. The first-order valence-corrected chi connectivity index (χ1v) is 7.90. The maximum Gasteiger partial charge on any atom is 0.254 e. The molecule has 1 atom stereocenters. The summed E-state index contributed by atoms with van der Waals surface area (Å²) in [6, 6.07) is 6.36. The van der Waals surface area contributed by atoms with Gasteiger partial charge in [0.1, 0.15) is 6.04 Å². The van der Waals surface area contributed by atoms with Gasteiger partial charge in [-0.1, -0.05) is 6.07 Å². The molecule has 1 aromatic carbocycles. The Morgan fingerprint density at radius 2 is 2.27 bits per heavy atom. The van der Waals surface area contributed by atoms with Crippen LogP contribution in [0.25, 0.3) is 0 Å². The largest absolute Gasteiger partial charge is 0.399 e. The molecule has 1 saturated heterocycles. The second-order valence-electron chi connectivity index (χ2n) is 5.11. The van der Waals surface area contributed by atoms with Crippen LogP contribution in [0.2, 0.25) is 0 Å². The lowest BCUT2D eigenvalue weighted by Gasteiger charge is -2.23. The van der Waals surface area contributed by atoms with Gasteiger partial charge in [0.15, 0.2) is 5.13 Å². The summed E-state index contributed by atoms with van der Waals surface area (Å²) < 4.78 is 0. The SMILES string of the molecule is Nc1cccc(C(=O)N2CCCC2C(=O)Nc2nccs2)c1. The highest BCUT2D eigenvalue weighted by Crippen LogP contribution is 2.23. The molecule has 2 aromatic rings. The Balaban J connectivity index is 1.75. The third-order valence-electron chi connectivity index (χ3n) is 3.61. The number of benzene rings is 1. The van der Waals surface area contributed by atoms with E-state index in [4.69, 9.17) is 5.73 Å². The van der Waals surface area contributed by atoms with Crippen molar-refractivity contribution in [2.45, 2.75) is 18.9 Å². The van der Waals surface area contributed by atoms with Crippen LogP contribution in [0.1, 0.15) is 23.2 Å². The zero-order valence-corrected chi connectivity index (χ0v) is 12.7. The Hall–Kier alpha value is -2.41. The number of thiazole rings is 1. The molecule has 1 aliphatic rings. The van der Waals surface area contributed by atoms with Gasteiger partial charge in [0.05, 0.1) is 0 Å². The number of amides is 2. The fourth-order valence-corrected chi connectivity index (χ4v) is 3.13. The maximum absolute atomic E-state index is 12.6. The van der Waals surface area contributed by atoms with Gasteiger partial charge in [-0.25, -0.2) is 4.98 Å². The fraction of sp³-hybridized carbons (Fsp3) is 0.267. The summed E-state index contributed by atoms with van der Waals surface area (Å²) in [4.78, 5) is 30.6. The quantitative estimate of drug-likeness (QED) is 0.847. The summed E-state index contributed by atoms with van der Waals surface area (Å²) in [5.74, 6) is -0.353. The number of carbonyl (C=O) groups is 2. The molecule has 3 rings (SSSR count). The van der Waals surface area contributed by atoms with Crippen LogP contribution in [0, 0.1) is 0 Å². The highest BCUT2D eigenvalue weighted by molar-refractivity contribution is 7.13. The van der Waals surface area contributed by atoms with Gasteiger partial charge in [-0.15, -0.1) is 11.3 Å². The summed E-state index contributed by atoms with van der Waals surface area (Å²) in [6.45, 7) is 0.573. The first-order valence-electron chi connectivity index (χ1n) is 7.02. The van der Waals surface area contributed by atoms with Crippen LogP contribution in [-0.4, -0.2) is 34.3 Å². The highest BCUT2D eigenvalue weighted by Gasteiger charge is 2.34. The van der Waals surface area contributed by atoms with E-state index in [0.717, 1.165) is 6.42 Å². The van der Waals surface area contributed by atoms with E-state index in [-0.39, 0.29) is 11.8 Å². The standard InChI is InChI=1S/C15H16N4O2S/c16-11-4-1-3-10(9-11)14(21)19-7-2-5-12(19)13(20)18-15-17-6-8-22-15/h1,3-4,6,8-9,12H,2,5,7,16H2,(H,17,18,20). The number of hydrogen-bond donors (Lipinski definition) is 2. The average molecular weight is 316 g/mol. The first kappa shape index (κ1) is 14.5. The molecule has 0 bridgehead atoms. The molecule has 1 unspecified atom stereocenters. The van der Waals surface area contributed by atoms with Crippen molar-refractivity contribution in [3.05, 3.63) is 41.4 Å². The summed E-state index contributed by atoms with van der Waals surface area (Å²) in [5, 5.41) is 5.10. The minimum absolute atomic E-state index is 0.163. The number of nitrogen functional groups attached to an aromatic ring is 1. The van der Waals surface area contributed by atoms with Crippen LogP contribution in [0.5, 0.6) is 0 Å². The van der Waals surface area contributed by atoms with Crippen molar-refractivity contribution in [3.8, 4) is 0 Å². The van der Waals surface area contributed by atoms with E-state index in [2.05, 4.69) is 10.3 Å².